The van der Waals surface area contributed by atoms with Crippen LogP contribution in [0.2, 0.25) is 0 Å². The minimum atomic E-state index is -3.99. The number of hydrogen-bond acceptors (Lipinski definition) is 4. The van der Waals surface area contributed by atoms with E-state index in [4.69, 9.17) is 9.11 Å². The molecular formula is C16H35NO5S2. The maximum absolute atomic E-state index is 10.8. The lowest BCUT2D eigenvalue weighted by atomic mass is 10.1. The first-order chi connectivity index (χ1) is 11.3. The van der Waals surface area contributed by atoms with E-state index in [0.717, 1.165) is 12.8 Å². The van der Waals surface area contributed by atoms with Crippen molar-refractivity contribution in [2.75, 3.05) is 31.1 Å². The fourth-order valence-corrected chi connectivity index (χ4v) is 3.51. The normalized spacial score (nSPS) is 13.5. The van der Waals surface area contributed by atoms with Crippen LogP contribution in [0.4, 0.5) is 0 Å². The topological polar surface area (TPSA) is 94.9 Å². The number of hydrogen-bond donors (Lipinski definition) is 2. The Labute approximate surface area is 150 Å². The van der Waals surface area contributed by atoms with Gasteiger partial charge in [-0.05, 0) is 13.0 Å². The third-order valence-corrected chi connectivity index (χ3v) is 5.31. The summed E-state index contributed by atoms with van der Waals surface area (Å²) < 4.78 is 50.1. The van der Waals surface area contributed by atoms with Gasteiger partial charge in [0, 0.05) is 13.1 Å². The van der Waals surface area contributed by atoms with Crippen LogP contribution in [-0.2, 0) is 21.2 Å². The summed E-state index contributed by atoms with van der Waals surface area (Å²) in [6.45, 7) is 3.49. The monoisotopic (exact) mass is 385 g/mol. The van der Waals surface area contributed by atoms with Gasteiger partial charge in [0.2, 0.25) is 0 Å². The van der Waals surface area contributed by atoms with Gasteiger partial charge in [0.15, 0.2) is 11.1 Å². The van der Waals surface area contributed by atoms with Crippen LogP contribution in [0.3, 0.4) is 0 Å². The van der Waals surface area contributed by atoms with Crippen molar-refractivity contribution in [3.8, 4) is 0 Å². The lowest BCUT2D eigenvalue weighted by Crippen LogP contribution is -2.33. The van der Waals surface area contributed by atoms with Crippen LogP contribution < -0.4 is 0 Å². The van der Waals surface area contributed by atoms with Gasteiger partial charge in [-0.3, -0.25) is 4.55 Å². The summed E-state index contributed by atoms with van der Waals surface area (Å²) in [5.74, 6) is -0.230. The molecule has 1 unspecified atom stereocenters. The van der Waals surface area contributed by atoms with Crippen molar-refractivity contribution >= 4 is 21.2 Å². The molecule has 0 aromatic heterocycles. The molecule has 0 aliphatic carbocycles. The molecule has 0 saturated carbocycles. The summed E-state index contributed by atoms with van der Waals surface area (Å²) in [5.41, 5.74) is 0. The molecule has 0 radical (unpaired) electrons. The zero-order valence-electron chi connectivity index (χ0n) is 15.0. The van der Waals surface area contributed by atoms with Gasteiger partial charge >= 0.3 is 0 Å². The molecule has 0 spiro atoms. The molecule has 0 saturated heterocycles. The summed E-state index contributed by atoms with van der Waals surface area (Å²) in [5, 5.41) is 0. The van der Waals surface area contributed by atoms with Gasteiger partial charge in [-0.15, -0.1) is 0 Å². The molecule has 0 rings (SSSR count). The number of rotatable bonds is 17. The first-order valence-electron chi connectivity index (χ1n) is 9.10. The van der Waals surface area contributed by atoms with Crippen LogP contribution >= 0.6 is 0 Å². The molecule has 1 atom stereocenters. The van der Waals surface area contributed by atoms with E-state index in [0.29, 0.717) is 13.1 Å². The largest absolute Gasteiger partial charge is 0.306 e. The van der Waals surface area contributed by atoms with Crippen LogP contribution in [0.5, 0.6) is 0 Å². The van der Waals surface area contributed by atoms with E-state index in [2.05, 4.69) is 6.92 Å². The molecule has 0 heterocycles. The summed E-state index contributed by atoms with van der Waals surface area (Å²) >= 11 is -1.88. The van der Waals surface area contributed by atoms with Gasteiger partial charge in [-0.1, -0.05) is 64.7 Å². The second-order valence-electron chi connectivity index (χ2n) is 6.34. The minimum Gasteiger partial charge on any atom is -0.306 e. The second-order valence-corrected chi connectivity index (χ2v) is 8.96. The van der Waals surface area contributed by atoms with Crippen LogP contribution in [-0.4, -0.2) is 57.8 Å². The first kappa shape index (κ1) is 24.0. The van der Waals surface area contributed by atoms with Crippen molar-refractivity contribution in [3.05, 3.63) is 0 Å². The van der Waals surface area contributed by atoms with Crippen molar-refractivity contribution in [1.29, 1.82) is 0 Å². The van der Waals surface area contributed by atoms with Crippen molar-refractivity contribution < 1.29 is 21.7 Å². The highest BCUT2D eigenvalue weighted by molar-refractivity contribution is 7.85. The van der Waals surface area contributed by atoms with Gasteiger partial charge in [0.1, 0.15) is 0 Å². The van der Waals surface area contributed by atoms with E-state index in [1.807, 2.05) is 4.90 Å². The molecule has 146 valence electrons. The molecule has 0 fully saturated rings. The second kappa shape index (κ2) is 15.3. The lowest BCUT2D eigenvalue weighted by molar-refractivity contribution is 0.293. The Hall–Kier alpha value is -0.0200. The molecule has 0 aliphatic rings. The smallest absolute Gasteiger partial charge is 0.266 e. The van der Waals surface area contributed by atoms with E-state index in [-0.39, 0.29) is 18.1 Å². The Morgan fingerprint density at radius 1 is 0.833 bits per heavy atom. The molecule has 8 heteroatoms. The van der Waals surface area contributed by atoms with E-state index in [1.54, 1.807) is 0 Å². The van der Waals surface area contributed by atoms with Crippen LogP contribution in [0.1, 0.15) is 71.1 Å². The van der Waals surface area contributed by atoms with Crippen molar-refractivity contribution in [2.45, 2.75) is 71.1 Å². The zero-order chi connectivity index (χ0) is 18.3. The molecular weight excluding hydrogens is 350 g/mol. The molecule has 0 aromatic carbocycles. The Bertz CT molecular complexity index is 415. The number of nitrogens with zero attached hydrogens (tertiary/aromatic N) is 1. The van der Waals surface area contributed by atoms with E-state index in [1.165, 1.54) is 51.4 Å². The first-order valence-corrected chi connectivity index (χ1v) is 12.0. The fraction of sp³-hybridized carbons (Fsp3) is 1.00. The van der Waals surface area contributed by atoms with Crippen molar-refractivity contribution in [1.82, 2.24) is 4.90 Å². The van der Waals surface area contributed by atoms with E-state index in [9.17, 15) is 12.6 Å². The summed E-state index contributed by atoms with van der Waals surface area (Å²) in [4.78, 5) is 1.84. The SMILES string of the molecule is CCCCCCCCCCCCN(CCS(=O)O)CCS(=O)(=O)O. The van der Waals surface area contributed by atoms with Gasteiger partial charge in [0.25, 0.3) is 10.1 Å². The fourth-order valence-electron chi connectivity index (χ4n) is 2.61. The average Bonchev–Trinajstić information content (AvgIpc) is 2.49. The zero-order valence-corrected chi connectivity index (χ0v) is 16.6. The molecule has 0 bridgehead atoms. The number of unbranched alkanes of at least 4 members (excludes halogenated alkanes) is 9. The summed E-state index contributed by atoms with van der Waals surface area (Å²) in [7, 11) is -3.99. The Balaban J connectivity index is 3.74. The highest BCUT2D eigenvalue weighted by Gasteiger charge is 2.11. The van der Waals surface area contributed by atoms with Crippen LogP contribution in [0, 0.1) is 0 Å². The molecule has 6 nitrogen and oxygen atoms in total. The Kier molecular flexibility index (Phi) is 15.2. The molecule has 0 amide bonds. The highest BCUT2D eigenvalue weighted by atomic mass is 32.2. The third kappa shape index (κ3) is 18.3. The van der Waals surface area contributed by atoms with Crippen LogP contribution in [0.15, 0.2) is 0 Å². The van der Waals surface area contributed by atoms with Crippen LogP contribution in [0.25, 0.3) is 0 Å². The van der Waals surface area contributed by atoms with E-state index >= 15 is 0 Å². The lowest BCUT2D eigenvalue weighted by Gasteiger charge is -2.20. The van der Waals surface area contributed by atoms with E-state index < -0.39 is 21.2 Å². The summed E-state index contributed by atoms with van der Waals surface area (Å²) in [6, 6.07) is 0. The molecule has 0 aliphatic heterocycles. The third-order valence-electron chi connectivity index (χ3n) is 4.08. The standard InChI is InChI=1S/C16H35NO5S2/c1-2-3-4-5-6-7-8-9-10-11-12-17(13-15-23(18)19)14-16-24(20,21)22/h2-16H2,1H3,(H,18,19)(H,20,21,22). The van der Waals surface area contributed by atoms with Gasteiger partial charge in [0.05, 0.1) is 11.5 Å². The van der Waals surface area contributed by atoms with Gasteiger partial charge < -0.3 is 9.45 Å². The van der Waals surface area contributed by atoms with Gasteiger partial charge in [-0.25, -0.2) is 4.21 Å². The molecule has 0 aromatic rings. The predicted octanol–water partition coefficient (Wildman–Crippen LogP) is 3.32. The maximum atomic E-state index is 10.8. The summed E-state index contributed by atoms with van der Waals surface area (Å²) in [6.07, 6.45) is 12.3. The quantitative estimate of drug-likeness (QED) is 0.227. The minimum absolute atomic E-state index is 0.100. The van der Waals surface area contributed by atoms with Crippen molar-refractivity contribution in [3.63, 3.8) is 0 Å². The predicted molar refractivity (Wildman–Crippen MR) is 100 cm³/mol. The maximum Gasteiger partial charge on any atom is 0.266 e. The molecule has 24 heavy (non-hydrogen) atoms. The Morgan fingerprint density at radius 2 is 1.33 bits per heavy atom. The average molecular weight is 386 g/mol. The van der Waals surface area contributed by atoms with Crippen molar-refractivity contribution in [2.24, 2.45) is 0 Å². The highest BCUT2D eigenvalue weighted by Crippen LogP contribution is 2.10. The van der Waals surface area contributed by atoms with Gasteiger partial charge in [-0.2, -0.15) is 8.42 Å². The Morgan fingerprint density at radius 3 is 1.79 bits per heavy atom. The molecule has 2 N–H and O–H groups in total.